The molecule has 0 unspecified atom stereocenters. The lowest BCUT2D eigenvalue weighted by atomic mass is 9.63. The summed E-state index contributed by atoms with van der Waals surface area (Å²) in [4.78, 5) is 0. The maximum Gasteiger partial charge on any atom is 0.132 e. The van der Waals surface area contributed by atoms with Gasteiger partial charge >= 0.3 is 0 Å². The Hall–Kier alpha value is -5.66. The third kappa shape index (κ3) is 4.09. The molecule has 0 saturated heterocycles. The number of rotatable bonds is 4. The van der Waals surface area contributed by atoms with E-state index < -0.39 is 5.41 Å². The first-order valence-corrected chi connectivity index (χ1v) is 16.4. The average Bonchev–Trinajstić information content (AvgIpc) is 3.37. The van der Waals surface area contributed by atoms with Crippen LogP contribution in [0.15, 0.2) is 170 Å². The molecule has 1 nitrogen and oxygen atoms in total. The van der Waals surface area contributed by atoms with Crippen LogP contribution in [0.2, 0.25) is 0 Å². The van der Waals surface area contributed by atoms with Crippen LogP contribution in [0, 0.1) is 0 Å². The van der Waals surface area contributed by atoms with Crippen molar-refractivity contribution in [1.82, 2.24) is 0 Å². The summed E-state index contributed by atoms with van der Waals surface area (Å²) in [5.74, 6) is 1.78. The maximum atomic E-state index is 6.65. The smallest absolute Gasteiger partial charge is 0.132 e. The van der Waals surface area contributed by atoms with Gasteiger partial charge in [-0.15, -0.1) is 0 Å². The van der Waals surface area contributed by atoms with Crippen molar-refractivity contribution in [3.63, 3.8) is 0 Å². The lowest BCUT2D eigenvalue weighted by molar-refractivity contribution is 0.434. The van der Waals surface area contributed by atoms with Gasteiger partial charge in [0.25, 0.3) is 0 Å². The summed E-state index contributed by atoms with van der Waals surface area (Å²) in [5, 5.41) is 0. The molecule has 0 atom stereocenters. The molecular weight excluding hydrogens is 569 g/mol. The topological polar surface area (TPSA) is 9.23 Å². The van der Waals surface area contributed by atoms with E-state index in [-0.39, 0.29) is 5.41 Å². The standard InChI is InChI=1S/C46H34O/c1-45(2)39-21-10-9-20-37(39)38-26-24-33(29-41(38)45)31-14-13-15-32(28-31)34-25-27-44-42(30-34)46(35-16-5-3-6-17-35,36-18-7-4-8-19-36)40-22-11-12-23-43(40)47-44/h3-30H,1-2H3. The van der Waals surface area contributed by atoms with Gasteiger partial charge in [0, 0.05) is 16.5 Å². The van der Waals surface area contributed by atoms with E-state index in [9.17, 15) is 0 Å². The second-order valence-electron chi connectivity index (χ2n) is 13.3. The Morgan fingerprint density at radius 2 is 0.872 bits per heavy atom. The summed E-state index contributed by atoms with van der Waals surface area (Å²) < 4.78 is 6.65. The molecule has 2 aliphatic rings. The van der Waals surface area contributed by atoms with E-state index in [1.807, 2.05) is 0 Å². The molecule has 0 N–H and O–H groups in total. The minimum Gasteiger partial charge on any atom is -0.457 e. The fourth-order valence-electron chi connectivity index (χ4n) is 8.15. The second kappa shape index (κ2) is 10.4. The number of hydrogen-bond donors (Lipinski definition) is 0. The molecule has 1 heterocycles. The molecule has 0 fully saturated rings. The molecule has 1 aliphatic carbocycles. The molecule has 7 aromatic carbocycles. The highest BCUT2D eigenvalue weighted by Gasteiger charge is 2.45. The van der Waals surface area contributed by atoms with Crippen molar-refractivity contribution in [2.45, 2.75) is 24.7 Å². The van der Waals surface area contributed by atoms with Crippen LogP contribution in [0.4, 0.5) is 0 Å². The van der Waals surface area contributed by atoms with Crippen molar-refractivity contribution in [1.29, 1.82) is 0 Å². The average molecular weight is 603 g/mol. The number of hydrogen-bond acceptors (Lipinski definition) is 1. The number of benzene rings is 7. The minimum atomic E-state index is -0.541. The molecule has 1 aliphatic heterocycles. The largest absolute Gasteiger partial charge is 0.457 e. The van der Waals surface area contributed by atoms with Crippen molar-refractivity contribution in [3.8, 4) is 44.9 Å². The van der Waals surface area contributed by atoms with Gasteiger partial charge in [0.1, 0.15) is 11.5 Å². The zero-order chi connectivity index (χ0) is 31.6. The zero-order valence-electron chi connectivity index (χ0n) is 26.6. The molecule has 9 rings (SSSR count). The molecule has 0 aromatic heterocycles. The highest BCUT2D eigenvalue weighted by molar-refractivity contribution is 5.84. The highest BCUT2D eigenvalue weighted by Crippen LogP contribution is 2.56. The Bertz CT molecular complexity index is 2260. The molecule has 1 heteroatoms. The molecule has 0 amide bonds. The molecule has 0 saturated carbocycles. The molecular formula is C46H34O. The number of para-hydroxylation sites is 1. The predicted molar refractivity (Wildman–Crippen MR) is 193 cm³/mol. The van der Waals surface area contributed by atoms with Crippen LogP contribution in [0.5, 0.6) is 11.5 Å². The van der Waals surface area contributed by atoms with E-state index in [0.29, 0.717) is 0 Å². The van der Waals surface area contributed by atoms with Gasteiger partial charge in [-0.1, -0.05) is 153 Å². The Morgan fingerprint density at radius 1 is 0.362 bits per heavy atom. The predicted octanol–water partition coefficient (Wildman–Crippen LogP) is 11.8. The fourth-order valence-corrected chi connectivity index (χ4v) is 8.15. The first-order valence-electron chi connectivity index (χ1n) is 16.4. The van der Waals surface area contributed by atoms with Gasteiger partial charge in [-0.3, -0.25) is 0 Å². The van der Waals surface area contributed by atoms with Crippen molar-refractivity contribution in [2.75, 3.05) is 0 Å². The van der Waals surface area contributed by atoms with Gasteiger partial charge in [0.05, 0.1) is 5.41 Å². The molecule has 224 valence electrons. The van der Waals surface area contributed by atoms with E-state index in [1.54, 1.807) is 0 Å². The van der Waals surface area contributed by atoms with Crippen LogP contribution < -0.4 is 4.74 Å². The first-order chi connectivity index (χ1) is 23.0. The summed E-state index contributed by atoms with van der Waals surface area (Å²) in [6.07, 6.45) is 0. The first kappa shape index (κ1) is 27.6. The van der Waals surface area contributed by atoms with E-state index in [4.69, 9.17) is 4.74 Å². The van der Waals surface area contributed by atoms with Crippen LogP contribution in [-0.4, -0.2) is 0 Å². The second-order valence-corrected chi connectivity index (χ2v) is 13.3. The highest BCUT2D eigenvalue weighted by atomic mass is 16.5. The normalized spacial score (nSPS) is 14.7. The molecule has 0 spiro atoms. The van der Waals surface area contributed by atoms with Crippen LogP contribution in [0.25, 0.3) is 33.4 Å². The van der Waals surface area contributed by atoms with Crippen LogP contribution in [0.1, 0.15) is 47.2 Å². The van der Waals surface area contributed by atoms with E-state index in [2.05, 4.69) is 184 Å². The van der Waals surface area contributed by atoms with Crippen molar-refractivity contribution in [3.05, 3.63) is 203 Å². The van der Waals surface area contributed by atoms with Gasteiger partial charge < -0.3 is 4.74 Å². The molecule has 7 aromatic rings. The van der Waals surface area contributed by atoms with E-state index in [0.717, 1.165) is 22.6 Å². The fraction of sp³-hybridized carbons (Fsp3) is 0.0870. The van der Waals surface area contributed by atoms with Crippen molar-refractivity contribution < 1.29 is 4.74 Å². The lowest BCUT2D eigenvalue weighted by Gasteiger charge is -2.41. The lowest BCUT2D eigenvalue weighted by Crippen LogP contribution is -2.34. The quantitative estimate of drug-likeness (QED) is 0.195. The molecule has 47 heavy (non-hydrogen) atoms. The van der Waals surface area contributed by atoms with Gasteiger partial charge in [-0.05, 0) is 86.0 Å². The van der Waals surface area contributed by atoms with Gasteiger partial charge in [-0.25, -0.2) is 0 Å². The van der Waals surface area contributed by atoms with Crippen molar-refractivity contribution in [2.24, 2.45) is 0 Å². The van der Waals surface area contributed by atoms with Crippen molar-refractivity contribution >= 4 is 0 Å². The van der Waals surface area contributed by atoms with Crippen LogP contribution in [0.3, 0.4) is 0 Å². The minimum absolute atomic E-state index is 0.0352. The summed E-state index contributed by atoms with van der Waals surface area (Å²) in [6, 6.07) is 61.8. The maximum absolute atomic E-state index is 6.65. The van der Waals surface area contributed by atoms with E-state index in [1.165, 1.54) is 55.6 Å². The molecule has 0 bridgehead atoms. The summed E-state index contributed by atoms with van der Waals surface area (Å²) in [7, 11) is 0. The Balaban J connectivity index is 1.21. The molecule has 0 radical (unpaired) electrons. The SMILES string of the molecule is CC1(C)c2ccccc2-c2ccc(-c3cccc(-c4ccc5c(c4)C(c4ccccc4)(c4ccccc4)c4ccccc4O5)c3)cc21. The van der Waals surface area contributed by atoms with Crippen LogP contribution in [-0.2, 0) is 10.8 Å². The summed E-state index contributed by atoms with van der Waals surface area (Å²) in [5.41, 5.74) is 14.5. The Kier molecular flexibility index (Phi) is 6.14. The summed E-state index contributed by atoms with van der Waals surface area (Å²) >= 11 is 0. The monoisotopic (exact) mass is 602 g/mol. The third-order valence-electron chi connectivity index (χ3n) is 10.4. The third-order valence-corrected chi connectivity index (χ3v) is 10.4. The van der Waals surface area contributed by atoms with Gasteiger partial charge in [0.15, 0.2) is 0 Å². The zero-order valence-corrected chi connectivity index (χ0v) is 26.6. The van der Waals surface area contributed by atoms with Gasteiger partial charge in [0.2, 0.25) is 0 Å². The van der Waals surface area contributed by atoms with E-state index >= 15 is 0 Å². The Morgan fingerprint density at radius 3 is 1.57 bits per heavy atom. The Labute approximate surface area is 276 Å². The van der Waals surface area contributed by atoms with Crippen LogP contribution >= 0.6 is 0 Å². The van der Waals surface area contributed by atoms with Gasteiger partial charge in [-0.2, -0.15) is 0 Å². The number of ether oxygens (including phenoxy) is 1. The number of fused-ring (bicyclic) bond motifs is 5. The summed E-state index contributed by atoms with van der Waals surface area (Å²) in [6.45, 7) is 4.69.